The van der Waals surface area contributed by atoms with E-state index >= 15 is 0 Å². The second-order valence-electron chi connectivity index (χ2n) is 9.88. The standard InChI is InChI=1S/C36H24N2S/c1-5-15-32-26(11-1)30-23-36-31(29-14-4-8-18-35(29)39-36)22-24(30)19-20-25(10-9-21-37-32)38-33-16-6-2-12-27(33)28-13-3-7-17-34(28)38/h1-23,37H/b20-19-,21-9+,25-10+. The Morgan fingerprint density at radius 1 is 0.564 bits per heavy atom. The van der Waals surface area contributed by atoms with Crippen molar-refractivity contribution in [3.63, 3.8) is 0 Å². The summed E-state index contributed by atoms with van der Waals surface area (Å²) in [4.78, 5) is 0. The fourth-order valence-corrected chi connectivity index (χ4v) is 7.00. The molecule has 0 aliphatic carbocycles. The molecule has 0 saturated carbocycles. The highest BCUT2D eigenvalue weighted by atomic mass is 32.1. The van der Waals surface area contributed by atoms with Crippen LogP contribution in [0.4, 0.5) is 5.69 Å². The van der Waals surface area contributed by atoms with Crippen LogP contribution in [0.1, 0.15) is 5.56 Å². The minimum Gasteiger partial charge on any atom is -0.361 e. The van der Waals surface area contributed by atoms with Crippen LogP contribution in [0.25, 0.3) is 64.9 Å². The van der Waals surface area contributed by atoms with Gasteiger partial charge < -0.3 is 9.88 Å². The number of rotatable bonds is 1. The SMILES string of the molecule is C1=C/c2cc3c(cc2-c2ccccc2N/C=C/C=C\1n1c2ccccc2c2ccccc21)sc1ccccc13. The van der Waals surface area contributed by atoms with Gasteiger partial charge in [0, 0.05) is 54.1 Å². The fourth-order valence-electron chi connectivity index (χ4n) is 5.87. The van der Waals surface area contributed by atoms with Gasteiger partial charge in [0.15, 0.2) is 0 Å². The van der Waals surface area contributed by atoms with Gasteiger partial charge in [0.25, 0.3) is 0 Å². The summed E-state index contributed by atoms with van der Waals surface area (Å²) in [5.74, 6) is 0. The van der Waals surface area contributed by atoms with Crippen LogP contribution < -0.4 is 5.32 Å². The van der Waals surface area contributed by atoms with Crippen molar-refractivity contribution in [1.82, 2.24) is 4.57 Å². The lowest BCUT2D eigenvalue weighted by molar-refractivity contribution is 1.24. The van der Waals surface area contributed by atoms with E-state index in [1.807, 2.05) is 17.5 Å². The van der Waals surface area contributed by atoms with E-state index in [1.54, 1.807) is 0 Å². The van der Waals surface area contributed by atoms with Crippen molar-refractivity contribution in [2.24, 2.45) is 0 Å². The van der Waals surface area contributed by atoms with Gasteiger partial charge in [-0.1, -0.05) is 78.9 Å². The van der Waals surface area contributed by atoms with Crippen molar-refractivity contribution < 1.29 is 0 Å². The Hall–Kier alpha value is -4.86. The summed E-state index contributed by atoms with van der Waals surface area (Å²) < 4.78 is 5.00. The van der Waals surface area contributed by atoms with E-state index < -0.39 is 0 Å². The Morgan fingerprint density at radius 3 is 2.08 bits per heavy atom. The van der Waals surface area contributed by atoms with Gasteiger partial charge in [-0.25, -0.2) is 0 Å². The molecule has 2 aromatic heterocycles. The summed E-state index contributed by atoms with van der Waals surface area (Å²) in [6, 6.07) is 39.3. The molecule has 1 aliphatic heterocycles. The number of allylic oxidation sites excluding steroid dienone is 4. The molecule has 3 heterocycles. The van der Waals surface area contributed by atoms with Gasteiger partial charge in [0.1, 0.15) is 0 Å². The molecule has 1 N–H and O–H groups in total. The van der Waals surface area contributed by atoms with Gasteiger partial charge in [-0.05, 0) is 65.8 Å². The molecule has 5 aromatic carbocycles. The van der Waals surface area contributed by atoms with Gasteiger partial charge in [0.05, 0.1) is 11.0 Å². The average molecular weight is 517 g/mol. The topological polar surface area (TPSA) is 17.0 Å². The van der Waals surface area contributed by atoms with E-state index in [0.717, 1.165) is 11.4 Å². The summed E-state index contributed by atoms with van der Waals surface area (Å²) >= 11 is 1.86. The van der Waals surface area contributed by atoms with Crippen molar-refractivity contribution in [2.45, 2.75) is 0 Å². The lowest BCUT2D eigenvalue weighted by Crippen LogP contribution is -1.94. The third-order valence-electron chi connectivity index (χ3n) is 7.64. The van der Waals surface area contributed by atoms with Crippen molar-refractivity contribution in [2.75, 3.05) is 5.32 Å². The lowest BCUT2D eigenvalue weighted by atomic mass is 9.95. The summed E-state index contributed by atoms with van der Waals surface area (Å²) in [7, 11) is 0. The number of thiophene rings is 1. The van der Waals surface area contributed by atoms with Crippen molar-refractivity contribution >= 4 is 70.8 Å². The first-order chi connectivity index (χ1) is 19.3. The van der Waals surface area contributed by atoms with Crippen molar-refractivity contribution in [3.05, 3.63) is 139 Å². The molecule has 2 nitrogen and oxygen atoms in total. The first-order valence-electron chi connectivity index (χ1n) is 13.2. The lowest BCUT2D eigenvalue weighted by Gasteiger charge is -2.13. The maximum absolute atomic E-state index is 3.56. The zero-order chi connectivity index (χ0) is 25.8. The normalized spacial score (nSPS) is 16.3. The molecule has 1 aliphatic rings. The zero-order valence-corrected chi connectivity index (χ0v) is 22.0. The Bertz CT molecular complexity index is 2100. The number of hydrogen-bond donors (Lipinski definition) is 1. The molecule has 0 bridgehead atoms. The summed E-state index contributed by atoms with van der Waals surface area (Å²) in [6.45, 7) is 0. The van der Waals surface area contributed by atoms with E-state index in [2.05, 4.69) is 143 Å². The van der Waals surface area contributed by atoms with Crippen molar-refractivity contribution in [1.29, 1.82) is 0 Å². The molecule has 184 valence electrons. The number of anilines is 1. The zero-order valence-electron chi connectivity index (χ0n) is 21.1. The van der Waals surface area contributed by atoms with Crippen LogP contribution in [0.3, 0.4) is 0 Å². The molecular weight excluding hydrogens is 492 g/mol. The maximum Gasteiger partial charge on any atom is 0.0541 e. The predicted octanol–water partition coefficient (Wildman–Crippen LogP) is 10.3. The Labute approximate surface area is 230 Å². The number of nitrogens with zero attached hydrogens (tertiary/aromatic N) is 1. The second kappa shape index (κ2) is 8.87. The quantitative estimate of drug-likeness (QED) is 0.230. The van der Waals surface area contributed by atoms with Gasteiger partial charge in [0.2, 0.25) is 0 Å². The van der Waals surface area contributed by atoms with Crippen molar-refractivity contribution in [3.8, 4) is 11.1 Å². The summed E-state index contributed by atoms with van der Waals surface area (Å²) in [6.07, 6.45) is 10.9. The summed E-state index contributed by atoms with van der Waals surface area (Å²) in [5, 5.41) is 8.70. The van der Waals surface area contributed by atoms with E-state index in [0.29, 0.717) is 0 Å². The first kappa shape index (κ1) is 22.2. The molecule has 0 saturated heterocycles. The average Bonchev–Trinajstić information content (AvgIpc) is 3.51. The minimum absolute atomic E-state index is 1.09. The van der Waals surface area contributed by atoms with Crippen LogP contribution in [0.2, 0.25) is 0 Å². The molecule has 0 radical (unpaired) electrons. The number of aromatic nitrogens is 1. The van der Waals surface area contributed by atoms with Gasteiger partial charge in [-0.3, -0.25) is 0 Å². The molecule has 39 heavy (non-hydrogen) atoms. The van der Waals surface area contributed by atoms with Crippen LogP contribution in [-0.2, 0) is 0 Å². The largest absolute Gasteiger partial charge is 0.361 e. The highest BCUT2D eigenvalue weighted by Crippen LogP contribution is 2.41. The maximum atomic E-state index is 3.56. The minimum atomic E-state index is 1.09. The molecule has 8 rings (SSSR count). The van der Waals surface area contributed by atoms with Crippen LogP contribution >= 0.6 is 11.3 Å². The molecule has 0 spiro atoms. The third-order valence-corrected chi connectivity index (χ3v) is 8.77. The highest BCUT2D eigenvalue weighted by molar-refractivity contribution is 7.25. The number of hydrogen-bond acceptors (Lipinski definition) is 2. The summed E-state index contributed by atoms with van der Waals surface area (Å²) in [5.41, 5.74) is 8.23. The van der Waals surface area contributed by atoms with E-state index in [1.165, 1.54) is 58.7 Å². The van der Waals surface area contributed by atoms with Gasteiger partial charge in [-0.15, -0.1) is 11.3 Å². The highest BCUT2D eigenvalue weighted by Gasteiger charge is 2.15. The Morgan fingerprint density at radius 2 is 1.26 bits per heavy atom. The van der Waals surface area contributed by atoms with E-state index in [-0.39, 0.29) is 0 Å². The number of nitrogens with one attached hydrogen (secondary N) is 1. The van der Waals surface area contributed by atoms with Crippen LogP contribution in [0, 0.1) is 0 Å². The molecule has 0 fully saturated rings. The smallest absolute Gasteiger partial charge is 0.0541 e. The Balaban J connectivity index is 1.41. The predicted molar refractivity (Wildman–Crippen MR) is 170 cm³/mol. The number of fused-ring (bicyclic) bond motifs is 9. The van der Waals surface area contributed by atoms with Gasteiger partial charge in [-0.2, -0.15) is 0 Å². The molecule has 3 heteroatoms. The monoisotopic (exact) mass is 516 g/mol. The fraction of sp³-hybridized carbons (Fsp3) is 0. The second-order valence-corrected chi connectivity index (χ2v) is 11.0. The Kier molecular flexibility index (Phi) is 5.04. The van der Waals surface area contributed by atoms with Crippen LogP contribution in [0.15, 0.2) is 134 Å². The van der Waals surface area contributed by atoms with Crippen LogP contribution in [0.5, 0.6) is 0 Å². The molecule has 0 amide bonds. The van der Waals surface area contributed by atoms with E-state index in [9.17, 15) is 0 Å². The number of para-hydroxylation sites is 3. The van der Waals surface area contributed by atoms with Crippen LogP contribution in [-0.4, -0.2) is 4.57 Å². The molecule has 7 aromatic rings. The number of benzene rings is 5. The molecular formula is C36H24N2S. The first-order valence-corrected chi connectivity index (χ1v) is 14.0. The third kappa shape index (κ3) is 3.55. The molecule has 0 atom stereocenters. The molecule has 0 unspecified atom stereocenters. The van der Waals surface area contributed by atoms with Gasteiger partial charge >= 0.3 is 0 Å². The van der Waals surface area contributed by atoms with E-state index in [4.69, 9.17) is 0 Å².